The summed E-state index contributed by atoms with van der Waals surface area (Å²) in [7, 11) is 1.10. The zero-order valence-electron chi connectivity index (χ0n) is 6.80. The molecule has 0 aliphatic heterocycles. The SMILES string of the molecule is COC(=O)c1cc(N)c(F)cc1F. The number of nitrogens with two attached hydrogens (primary N) is 1. The van der Waals surface area contributed by atoms with Crippen LogP contribution in [-0.4, -0.2) is 13.1 Å². The first-order chi connectivity index (χ1) is 6.06. The van der Waals surface area contributed by atoms with Crippen LogP contribution in [0.1, 0.15) is 10.4 Å². The van der Waals surface area contributed by atoms with Crippen molar-refractivity contribution in [3.63, 3.8) is 0 Å². The molecule has 0 atom stereocenters. The number of halogens is 2. The Morgan fingerprint density at radius 2 is 2.00 bits per heavy atom. The fourth-order valence-corrected chi connectivity index (χ4v) is 0.832. The van der Waals surface area contributed by atoms with Crippen molar-refractivity contribution in [3.05, 3.63) is 29.3 Å². The molecule has 1 aromatic carbocycles. The summed E-state index contributed by atoms with van der Waals surface area (Å²) in [4.78, 5) is 10.9. The maximum atomic E-state index is 12.9. The minimum atomic E-state index is -0.987. The quantitative estimate of drug-likeness (QED) is 0.533. The summed E-state index contributed by atoms with van der Waals surface area (Å²) in [6, 6.07) is 1.44. The van der Waals surface area contributed by atoms with Crippen LogP contribution in [0.3, 0.4) is 0 Å². The molecule has 0 fully saturated rings. The molecular weight excluding hydrogens is 180 g/mol. The molecule has 0 saturated carbocycles. The molecule has 0 heterocycles. The lowest BCUT2D eigenvalue weighted by molar-refractivity contribution is 0.0595. The molecule has 5 heteroatoms. The van der Waals surface area contributed by atoms with Crippen LogP contribution < -0.4 is 5.73 Å². The normalized spacial score (nSPS) is 9.77. The smallest absolute Gasteiger partial charge is 0.340 e. The van der Waals surface area contributed by atoms with Gasteiger partial charge in [-0.15, -0.1) is 0 Å². The van der Waals surface area contributed by atoms with Gasteiger partial charge in [0.2, 0.25) is 0 Å². The van der Waals surface area contributed by atoms with Crippen LogP contribution in [-0.2, 0) is 4.74 Å². The van der Waals surface area contributed by atoms with Crippen LogP contribution in [0.2, 0.25) is 0 Å². The molecule has 70 valence electrons. The first-order valence-electron chi connectivity index (χ1n) is 3.39. The van der Waals surface area contributed by atoms with E-state index in [-0.39, 0.29) is 11.3 Å². The van der Waals surface area contributed by atoms with Crippen molar-refractivity contribution < 1.29 is 18.3 Å². The maximum absolute atomic E-state index is 12.9. The lowest BCUT2D eigenvalue weighted by Crippen LogP contribution is -2.06. The average Bonchev–Trinajstić information content (AvgIpc) is 2.10. The molecule has 0 aliphatic carbocycles. The van der Waals surface area contributed by atoms with E-state index in [1.165, 1.54) is 0 Å². The third kappa shape index (κ3) is 1.74. The topological polar surface area (TPSA) is 52.3 Å². The Labute approximate surface area is 73.1 Å². The van der Waals surface area contributed by atoms with Gasteiger partial charge in [-0.25, -0.2) is 13.6 Å². The Kier molecular flexibility index (Phi) is 2.46. The van der Waals surface area contributed by atoms with Crippen LogP contribution in [0.25, 0.3) is 0 Å². The number of methoxy groups -OCH3 is 1. The van der Waals surface area contributed by atoms with Crippen LogP contribution in [0.4, 0.5) is 14.5 Å². The summed E-state index contributed by atoms with van der Waals surface area (Å²) in [5.74, 6) is -2.77. The van der Waals surface area contributed by atoms with Crippen LogP contribution in [0.15, 0.2) is 12.1 Å². The van der Waals surface area contributed by atoms with Crippen molar-refractivity contribution in [2.45, 2.75) is 0 Å². The third-order valence-corrected chi connectivity index (χ3v) is 1.49. The predicted octanol–water partition coefficient (Wildman–Crippen LogP) is 1.33. The molecule has 0 amide bonds. The van der Waals surface area contributed by atoms with E-state index in [9.17, 15) is 13.6 Å². The van der Waals surface area contributed by atoms with Gasteiger partial charge in [-0.2, -0.15) is 0 Å². The van der Waals surface area contributed by atoms with Gasteiger partial charge in [-0.3, -0.25) is 0 Å². The second-order valence-electron chi connectivity index (χ2n) is 2.35. The Morgan fingerprint density at radius 1 is 1.38 bits per heavy atom. The highest BCUT2D eigenvalue weighted by Gasteiger charge is 2.14. The van der Waals surface area contributed by atoms with E-state index in [4.69, 9.17) is 5.73 Å². The van der Waals surface area contributed by atoms with E-state index in [0.717, 1.165) is 13.2 Å². The van der Waals surface area contributed by atoms with Gasteiger partial charge in [-0.1, -0.05) is 0 Å². The number of rotatable bonds is 1. The first-order valence-corrected chi connectivity index (χ1v) is 3.39. The van der Waals surface area contributed by atoms with Gasteiger partial charge in [-0.05, 0) is 6.07 Å². The Balaban J connectivity index is 3.23. The lowest BCUT2D eigenvalue weighted by atomic mass is 10.2. The molecule has 0 spiro atoms. The van der Waals surface area contributed by atoms with Crippen LogP contribution in [0.5, 0.6) is 0 Å². The van der Waals surface area contributed by atoms with E-state index < -0.39 is 17.6 Å². The second-order valence-corrected chi connectivity index (χ2v) is 2.35. The van der Waals surface area contributed by atoms with E-state index >= 15 is 0 Å². The van der Waals surface area contributed by atoms with Crippen molar-refractivity contribution in [1.82, 2.24) is 0 Å². The van der Waals surface area contributed by atoms with E-state index in [1.807, 2.05) is 0 Å². The van der Waals surface area contributed by atoms with Crippen molar-refractivity contribution in [3.8, 4) is 0 Å². The Morgan fingerprint density at radius 3 is 2.54 bits per heavy atom. The number of carbonyl (C=O) groups excluding carboxylic acids is 1. The molecule has 0 bridgehead atoms. The van der Waals surface area contributed by atoms with Gasteiger partial charge in [0.25, 0.3) is 0 Å². The molecule has 13 heavy (non-hydrogen) atoms. The second kappa shape index (κ2) is 3.38. The van der Waals surface area contributed by atoms with Crippen molar-refractivity contribution in [2.24, 2.45) is 0 Å². The fourth-order valence-electron chi connectivity index (χ4n) is 0.832. The van der Waals surface area contributed by atoms with Crippen molar-refractivity contribution in [2.75, 3.05) is 12.8 Å². The summed E-state index contributed by atoms with van der Waals surface area (Å²) >= 11 is 0. The minimum Gasteiger partial charge on any atom is -0.465 e. The summed E-state index contributed by atoms with van der Waals surface area (Å²) in [5.41, 5.74) is 4.47. The van der Waals surface area contributed by atoms with Gasteiger partial charge in [0, 0.05) is 6.07 Å². The van der Waals surface area contributed by atoms with Gasteiger partial charge in [0.1, 0.15) is 11.6 Å². The Hall–Kier alpha value is -1.65. The first kappa shape index (κ1) is 9.44. The van der Waals surface area contributed by atoms with Gasteiger partial charge < -0.3 is 10.5 Å². The average molecular weight is 187 g/mol. The number of ether oxygens (including phenoxy) is 1. The number of hydrogen-bond donors (Lipinski definition) is 1. The number of hydrogen-bond acceptors (Lipinski definition) is 3. The summed E-state index contributed by atoms with van der Waals surface area (Å²) < 4.78 is 29.7. The summed E-state index contributed by atoms with van der Waals surface area (Å²) in [6.07, 6.45) is 0. The van der Waals surface area contributed by atoms with Crippen molar-refractivity contribution in [1.29, 1.82) is 0 Å². The fraction of sp³-hybridized carbons (Fsp3) is 0.125. The molecule has 1 aromatic rings. The molecule has 0 aliphatic rings. The number of nitrogen functional groups attached to an aromatic ring is 1. The van der Waals surface area contributed by atoms with Crippen LogP contribution >= 0.6 is 0 Å². The largest absolute Gasteiger partial charge is 0.465 e. The monoisotopic (exact) mass is 187 g/mol. The number of esters is 1. The highest BCUT2D eigenvalue weighted by Crippen LogP contribution is 2.16. The van der Waals surface area contributed by atoms with Crippen molar-refractivity contribution >= 4 is 11.7 Å². The van der Waals surface area contributed by atoms with Gasteiger partial charge in [0.05, 0.1) is 18.4 Å². The summed E-state index contributed by atoms with van der Waals surface area (Å²) in [6.45, 7) is 0. The zero-order valence-corrected chi connectivity index (χ0v) is 6.80. The molecule has 0 aromatic heterocycles. The molecule has 0 unspecified atom stereocenters. The zero-order chi connectivity index (χ0) is 10.0. The molecule has 1 rings (SSSR count). The van der Waals surface area contributed by atoms with E-state index in [0.29, 0.717) is 6.07 Å². The maximum Gasteiger partial charge on any atom is 0.340 e. The summed E-state index contributed by atoms with van der Waals surface area (Å²) in [5, 5.41) is 0. The van der Waals surface area contributed by atoms with E-state index in [2.05, 4.69) is 4.74 Å². The molecule has 0 saturated heterocycles. The number of benzene rings is 1. The highest BCUT2D eigenvalue weighted by molar-refractivity contribution is 5.90. The standard InChI is InChI=1S/C8H7F2NO2/c1-13-8(12)4-2-7(11)6(10)3-5(4)9/h2-3H,11H2,1H3. The minimum absolute atomic E-state index is 0.290. The molecular formula is C8H7F2NO2. The predicted molar refractivity (Wildman–Crippen MR) is 42.1 cm³/mol. The molecule has 0 radical (unpaired) electrons. The molecule has 3 nitrogen and oxygen atoms in total. The van der Waals surface area contributed by atoms with Crippen LogP contribution in [0, 0.1) is 11.6 Å². The molecule has 2 N–H and O–H groups in total. The lowest BCUT2D eigenvalue weighted by Gasteiger charge is -2.02. The number of anilines is 1. The van der Waals surface area contributed by atoms with Gasteiger partial charge in [0.15, 0.2) is 0 Å². The Bertz CT molecular complexity index is 352. The third-order valence-electron chi connectivity index (χ3n) is 1.49. The van der Waals surface area contributed by atoms with E-state index in [1.54, 1.807) is 0 Å². The van der Waals surface area contributed by atoms with Gasteiger partial charge >= 0.3 is 5.97 Å². The highest BCUT2D eigenvalue weighted by atomic mass is 19.1. The number of carbonyl (C=O) groups is 1.